The second kappa shape index (κ2) is 11.0. The van der Waals surface area contributed by atoms with Gasteiger partial charge < -0.3 is 14.5 Å². The van der Waals surface area contributed by atoms with Crippen molar-refractivity contribution in [2.45, 2.75) is 95.4 Å². The number of benzene rings is 1. The van der Waals surface area contributed by atoms with Crippen LogP contribution in [0, 0.1) is 0 Å². The molecule has 0 amide bonds. The minimum absolute atomic E-state index is 0.0543. The molecular formula is C26H37NO3. The zero-order chi connectivity index (χ0) is 20.6. The zero-order valence-corrected chi connectivity index (χ0v) is 18.3. The van der Waals surface area contributed by atoms with Gasteiger partial charge in [0.15, 0.2) is 5.43 Å². The van der Waals surface area contributed by atoms with Crippen LogP contribution < -0.4 is 15.5 Å². The van der Waals surface area contributed by atoms with Gasteiger partial charge in [-0.3, -0.25) is 4.79 Å². The smallest absolute Gasteiger partial charge is 0.193 e. The summed E-state index contributed by atoms with van der Waals surface area (Å²) in [5.74, 6) is 2.04. The van der Waals surface area contributed by atoms with Crippen molar-refractivity contribution in [1.29, 1.82) is 0 Å². The van der Waals surface area contributed by atoms with Gasteiger partial charge in [-0.2, -0.15) is 0 Å². The highest BCUT2D eigenvalue weighted by Gasteiger charge is 2.19. The predicted molar refractivity (Wildman–Crippen MR) is 123 cm³/mol. The fourth-order valence-corrected chi connectivity index (χ4v) is 5.04. The van der Waals surface area contributed by atoms with E-state index in [2.05, 4.69) is 5.32 Å². The van der Waals surface area contributed by atoms with Crippen molar-refractivity contribution in [2.75, 3.05) is 13.2 Å². The number of unbranched alkanes of at least 4 members (excludes halogenated alkanes) is 3. The Balaban J connectivity index is 1.22. The monoisotopic (exact) mass is 411 g/mol. The zero-order valence-electron chi connectivity index (χ0n) is 18.3. The first kappa shape index (κ1) is 21.4. The lowest BCUT2D eigenvalue weighted by Crippen LogP contribution is -2.33. The first-order valence-electron chi connectivity index (χ1n) is 12.2. The van der Waals surface area contributed by atoms with E-state index in [4.69, 9.17) is 9.15 Å². The summed E-state index contributed by atoms with van der Waals surface area (Å²) in [6.07, 6.45) is 16.2. The van der Waals surface area contributed by atoms with E-state index in [0.717, 1.165) is 36.8 Å². The maximum absolute atomic E-state index is 12.7. The number of nitrogens with one attached hydrogen (secondary N) is 1. The van der Waals surface area contributed by atoms with Gasteiger partial charge in [0.1, 0.15) is 17.1 Å². The van der Waals surface area contributed by atoms with E-state index in [-0.39, 0.29) is 5.43 Å². The van der Waals surface area contributed by atoms with Crippen molar-refractivity contribution in [1.82, 2.24) is 5.32 Å². The molecule has 4 heteroatoms. The van der Waals surface area contributed by atoms with Crippen LogP contribution in [0.15, 0.2) is 33.5 Å². The molecule has 1 aromatic carbocycles. The van der Waals surface area contributed by atoms with Gasteiger partial charge in [-0.25, -0.2) is 0 Å². The van der Waals surface area contributed by atoms with Gasteiger partial charge >= 0.3 is 0 Å². The minimum Gasteiger partial charge on any atom is -0.494 e. The van der Waals surface area contributed by atoms with E-state index in [0.29, 0.717) is 23.5 Å². The molecule has 1 unspecified atom stereocenters. The molecule has 30 heavy (non-hydrogen) atoms. The van der Waals surface area contributed by atoms with Crippen molar-refractivity contribution >= 4 is 11.0 Å². The largest absolute Gasteiger partial charge is 0.494 e. The molecule has 0 bridgehead atoms. The van der Waals surface area contributed by atoms with Crippen LogP contribution in [0.3, 0.4) is 0 Å². The van der Waals surface area contributed by atoms with Gasteiger partial charge in [0, 0.05) is 18.0 Å². The van der Waals surface area contributed by atoms with Crippen molar-refractivity contribution in [3.8, 4) is 5.75 Å². The van der Waals surface area contributed by atoms with E-state index in [1.807, 2.05) is 18.2 Å². The Morgan fingerprint density at radius 3 is 2.60 bits per heavy atom. The SMILES string of the molecule is O=c1cc(C2CCCCC2)oc2ccc(OCCCCCCC3CCCCN3)cc12. The molecule has 2 fully saturated rings. The Kier molecular flexibility index (Phi) is 7.85. The Morgan fingerprint density at radius 1 is 0.933 bits per heavy atom. The lowest BCUT2D eigenvalue weighted by atomic mass is 9.87. The maximum Gasteiger partial charge on any atom is 0.193 e. The van der Waals surface area contributed by atoms with Crippen LogP contribution in [0.25, 0.3) is 11.0 Å². The summed E-state index contributed by atoms with van der Waals surface area (Å²) in [4.78, 5) is 12.7. The number of ether oxygens (including phenoxy) is 1. The fraction of sp³-hybridized carbons (Fsp3) is 0.654. The summed E-state index contributed by atoms with van der Waals surface area (Å²) >= 11 is 0. The van der Waals surface area contributed by atoms with Crippen LogP contribution in [0.1, 0.15) is 95.1 Å². The van der Waals surface area contributed by atoms with Crippen LogP contribution in [0.5, 0.6) is 5.75 Å². The van der Waals surface area contributed by atoms with Crippen LogP contribution >= 0.6 is 0 Å². The summed E-state index contributed by atoms with van der Waals surface area (Å²) in [5, 5.41) is 4.26. The second-order valence-corrected chi connectivity index (χ2v) is 9.20. The number of hydrogen-bond donors (Lipinski definition) is 1. The molecule has 0 spiro atoms. The van der Waals surface area contributed by atoms with E-state index in [1.54, 1.807) is 6.07 Å². The van der Waals surface area contributed by atoms with E-state index in [9.17, 15) is 4.79 Å². The van der Waals surface area contributed by atoms with Crippen molar-refractivity contribution in [3.05, 3.63) is 40.2 Å². The third kappa shape index (κ3) is 5.87. The molecule has 1 aliphatic carbocycles. The molecule has 4 nitrogen and oxygen atoms in total. The van der Waals surface area contributed by atoms with E-state index < -0.39 is 0 Å². The molecule has 1 N–H and O–H groups in total. The molecule has 2 heterocycles. The van der Waals surface area contributed by atoms with Crippen LogP contribution in [-0.4, -0.2) is 19.2 Å². The van der Waals surface area contributed by atoms with Crippen LogP contribution in [0.2, 0.25) is 0 Å². The molecule has 4 rings (SSSR count). The molecule has 1 saturated heterocycles. The minimum atomic E-state index is 0.0543. The van der Waals surface area contributed by atoms with Gasteiger partial charge in [-0.15, -0.1) is 0 Å². The summed E-state index contributed by atoms with van der Waals surface area (Å²) in [6, 6.07) is 8.14. The molecule has 2 aliphatic rings. The van der Waals surface area contributed by atoms with Crippen LogP contribution in [-0.2, 0) is 0 Å². The highest BCUT2D eigenvalue weighted by Crippen LogP contribution is 2.33. The Morgan fingerprint density at radius 2 is 1.77 bits per heavy atom. The quantitative estimate of drug-likeness (QED) is 0.491. The molecular weight excluding hydrogens is 374 g/mol. The molecule has 0 radical (unpaired) electrons. The topological polar surface area (TPSA) is 51.5 Å². The highest BCUT2D eigenvalue weighted by atomic mass is 16.5. The standard InChI is InChI=1S/C26H37NO3/c28-24-19-26(20-10-4-3-5-11-20)30-25-15-14-22(18-23(24)25)29-17-9-2-1-6-12-21-13-7-8-16-27-21/h14-15,18-21,27H,1-13,16-17H2. The van der Waals surface area contributed by atoms with Crippen LogP contribution in [0.4, 0.5) is 0 Å². The van der Waals surface area contributed by atoms with E-state index in [1.165, 1.54) is 70.8 Å². The molecule has 1 atom stereocenters. The Labute approximate surface area is 180 Å². The third-order valence-electron chi connectivity index (χ3n) is 6.85. The van der Waals surface area contributed by atoms with Gasteiger partial charge in [0.05, 0.1) is 12.0 Å². The maximum atomic E-state index is 12.7. The van der Waals surface area contributed by atoms with Gasteiger partial charge in [0.2, 0.25) is 0 Å². The Bertz CT molecular complexity index is 847. The predicted octanol–water partition coefficient (Wildman–Crippen LogP) is 6.31. The number of piperidine rings is 1. The number of fused-ring (bicyclic) bond motifs is 1. The average molecular weight is 412 g/mol. The molecule has 1 aliphatic heterocycles. The summed E-state index contributed by atoms with van der Waals surface area (Å²) < 4.78 is 12.0. The molecule has 2 aromatic rings. The van der Waals surface area contributed by atoms with Crippen molar-refractivity contribution < 1.29 is 9.15 Å². The molecule has 1 saturated carbocycles. The number of rotatable bonds is 9. The summed E-state index contributed by atoms with van der Waals surface area (Å²) in [7, 11) is 0. The number of hydrogen-bond acceptors (Lipinski definition) is 4. The normalized spacial score (nSPS) is 20.5. The van der Waals surface area contributed by atoms with Gasteiger partial charge in [-0.1, -0.05) is 44.9 Å². The summed E-state index contributed by atoms with van der Waals surface area (Å²) in [5.41, 5.74) is 0.741. The molecule has 1 aromatic heterocycles. The van der Waals surface area contributed by atoms with Gasteiger partial charge in [0.25, 0.3) is 0 Å². The third-order valence-corrected chi connectivity index (χ3v) is 6.85. The Hall–Kier alpha value is -1.81. The second-order valence-electron chi connectivity index (χ2n) is 9.20. The van der Waals surface area contributed by atoms with Crippen molar-refractivity contribution in [2.24, 2.45) is 0 Å². The lowest BCUT2D eigenvalue weighted by molar-refractivity contribution is 0.302. The van der Waals surface area contributed by atoms with Crippen molar-refractivity contribution in [3.63, 3.8) is 0 Å². The van der Waals surface area contributed by atoms with E-state index >= 15 is 0 Å². The highest BCUT2D eigenvalue weighted by molar-refractivity contribution is 5.78. The first-order chi connectivity index (χ1) is 14.8. The molecule has 164 valence electrons. The lowest BCUT2D eigenvalue weighted by Gasteiger charge is -2.23. The fourth-order valence-electron chi connectivity index (χ4n) is 5.04. The average Bonchev–Trinajstić information content (AvgIpc) is 2.80. The van der Waals surface area contributed by atoms with Gasteiger partial charge in [-0.05, 0) is 63.3 Å². The first-order valence-corrected chi connectivity index (χ1v) is 12.2. The summed E-state index contributed by atoms with van der Waals surface area (Å²) in [6.45, 7) is 1.91.